The molecule has 2 heteroatoms. The van der Waals surface area contributed by atoms with Gasteiger partial charge >= 0.3 is 0 Å². The van der Waals surface area contributed by atoms with E-state index >= 15 is 0 Å². The lowest BCUT2D eigenvalue weighted by Gasteiger charge is -2.25. The van der Waals surface area contributed by atoms with Gasteiger partial charge in [-0.25, -0.2) is 0 Å². The molecule has 0 fully saturated rings. The molecule has 66 valence electrons. The molecule has 0 atom stereocenters. The van der Waals surface area contributed by atoms with Crippen LogP contribution in [0.3, 0.4) is 0 Å². The maximum atomic E-state index is 3.41. The number of allylic oxidation sites excluding steroid dienone is 3. The van der Waals surface area contributed by atoms with Crippen molar-refractivity contribution in [2.75, 3.05) is 6.67 Å². The van der Waals surface area contributed by atoms with Gasteiger partial charge in [0.15, 0.2) is 0 Å². The number of rotatable bonds is 1. The lowest BCUT2D eigenvalue weighted by molar-refractivity contribution is 0.291. The summed E-state index contributed by atoms with van der Waals surface area (Å²) in [6, 6.07) is 0.622. The summed E-state index contributed by atoms with van der Waals surface area (Å²) in [4.78, 5) is 2.44. The third-order valence-corrected chi connectivity index (χ3v) is 2.55. The first kappa shape index (κ1) is 7.71. The maximum Gasteiger partial charge on any atom is 0.0877 e. The van der Waals surface area contributed by atoms with Crippen LogP contribution in [0.1, 0.15) is 26.7 Å². The minimum Gasteiger partial charge on any atom is -0.366 e. The van der Waals surface area contributed by atoms with E-state index in [4.69, 9.17) is 0 Å². The van der Waals surface area contributed by atoms with Gasteiger partial charge in [-0.05, 0) is 32.8 Å². The van der Waals surface area contributed by atoms with E-state index in [1.54, 1.807) is 0 Å². The summed E-state index contributed by atoms with van der Waals surface area (Å²) in [6.07, 6.45) is 6.86. The van der Waals surface area contributed by atoms with Crippen LogP contribution >= 0.6 is 0 Å². The Morgan fingerprint density at radius 3 is 3.08 bits per heavy atom. The van der Waals surface area contributed by atoms with Gasteiger partial charge in [-0.2, -0.15) is 0 Å². The van der Waals surface area contributed by atoms with Crippen molar-refractivity contribution in [3.63, 3.8) is 0 Å². The van der Waals surface area contributed by atoms with Crippen molar-refractivity contribution < 1.29 is 0 Å². The Balaban J connectivity index is 2.22. The van der Waals surface area contributed by atoms with Gasteiger partial charge in [-0.3, -0.25) is 0 Å². The van der Waals surface area contributed by atoms with Gasteiger partial charge in [0.1, 0.15) is 0 Å². The molecule has 1 aliphatic heterocycles. The first-order valence-electron chi connectivity index (χ1n) is 4.69. The Morgan fingerprint density at radius 1 is 1.50 bits per heavy atom. The van der Waals surface area contributed by atoms with Gasteiger partial charge in [-0.15, -0.1) is 0 Å². The first-order valence-corrected chi connectivity index (χ1v) is 4.69. The highest BCUT2D eigenvalue weighted by Gasteiger charge is 2.23. The molecule has 12 heavy (non-hydrogen) atoms. The van der Waals surface area contributed by atoms with Gasteiger partial charge in [0.25, 0.3) is 0 Å². The summed E-state index contributed by atoms with van der Waals surface area (Å²) in [6.45, 7) is 5.48. The summed E-state index contributed by atoms with van der Waals surface area (Å²) in [7, 11) is 0. The van der Waals surface area contributed by atoms with Crippen molar-refractivity contribution in [2.24, 2.45) is 0 Å². The van der Waals surface area contributed by atoms with Crippen LogP contribution in [0.4, 0.5) is 0 Å². The Labute approximate surface area is 73.9 Å². The average molecular weight is 164 g/mol. The van der Waals surface area contributed by atoms with Crippen LogP contribution in [0.15, 0.2) is 23.5 Å². The number of hydrogen-bond acceptors (Lipinski definition) is 2. The van der Waals surface area contributed by atoms with Crippen LogP contribution < -0.4 is 5.32 Å². The van der Waals surface area contributed by atoms with E-state index in [-0.39, 0.29) is 0 Å². The molecule has 2 nitrogen and oxygen atoms in total. The molecular weight excluding hydrogens is 148 g/mol. The molecule has 0 saturated heterocycles. The van der Waals surface area contributed by atoms with Crippen LogP contribution in [0.5, 0.6) is 0 Å². The molecule has 2 rings (SSSR count). The maximum absolute atomic E-state index is 3.41. The standard InChI is InChI=1S/C10H16N2/c1-8(2)12-7-11-9-5-3-4-6-10(9)12/h3,5,8,11H,4,6-7H2,1-2H3. The minimum absolute atomic E-state index is 0.622. The van der Waals surface area contributed by atoms with Gasteiger partial charge < -0.3 is 10.2 Å². The second-order valence-corrected chi connectivity index (χ2v) is 3.70. The minimum atomic E-state index is 0.622. The Kier molecular flexibility index (Phi) is 1.83. The van der Waals surface area contributed by atoms with E-state index in [1.807, 2.05) is 0 Å². The predicted octanol–water partition coefficient (Wildman–Crippen LogP) is 1.82. The van der Waals surface area contributed by atoms with E-state index in [0.717, 1.165) is 6.67 Å². The van der Waals surface area contributed by atoms with Crippen molar-refractivity contribution in [2.45, 2.75) is 32.7 Å². The largest absolute Gasteiger partial charge is 0.366 e. The van der Waals surface area contributed by atoms with Gasteiger partial charge in [-0.1, -0.05) is 6.08 Å². The summed E-state index contributed by atoms with van der Waals surface area (Å²) in [5, 5.41) is 3.41. The molecule has 0 spiro atoms. The van der Waals surface area contributed by atoms with Crippen LogP contribution in [-0.4, -0.2) is 17.6 Å². The number of nitrogens with one attached hydrogen (secondary N) is 1. The zero-order chi connectivity index (χ0) is 8.55. The van der Waals surface area contributed by atoms with E-state index in [2.05, 4.69) is 36.2 Å². The highest BCUT2D eigenvalue weighted by atomic mass is 15.3. The summed E-state index contributed by atoms with van der Waals surface area (Å²) in [5.41, 5.74) is 2.85. The van der Waals surface area contributed by atoms with E-state index in [9.17, 15) is 0 Å². The molecule has 1 aliphatic carbocycles. The van der Waals surface area contributed by atoms with Crippen molar-refractivity contribution in [1.29, 1.82) is 0 Å². The Bertz CT molecular complexity index is 238. The first-order chi connectivity index (χ1) is 5.79. The third kappa shape index (κ3) is 1.11. The SMILES string of the molecule is CC(C)N1CNC2=C1CCC=C2. The fourth-order valence-corrected chi connectivity index (χ4v) is 1.87. The van der Waals surface area contributed by atoms with E-state index in [0.29, 0.717) is 6.04 Å². The zero-order valence-electron chi connectivity index (χ0n) is 7.80. The highest BCUT2D eigenvalue weighted by molar-refractivity contribution is 5.30. The summed E-state index contributed by atoms with van der Waals surface area (Å²) < 4.78 is 0. The smallest absolute Gasteiger partial charge is 0.0877 e. The molecule has 0 saturated carbocycles. The van der Waals surface area contributed by atoms with Crippen molar-refractivity contribution in [1.82, 2.24) is 10.2 Å². The van der Waals surface area contributed by atoms with Gasteiger partial charge in [0.05, 0.1) is 12.4 Å². The molecule has 0 aromatic rings. The van der Waals surface area contributed by atoms with Crippen LogP contribution in [-0.2, 0) is 0 Å². The monoisotopic (exact) mass is 164 g/mol. The molecule has 0 unspecified atom stereocenters. The topological polar surface area (TPSA) is 15.3 Å². The Morgan fingerprint density at radius 2 is 2.33 bits per heavy atom. The van der Waals surface area contributed by atoms with E-state index in [1.165, 1.54) is 24.2 Å². The molecule has 0 amide bonds. The van der Waals surface area contributed by atoms with Crippen LogP contribution in [0, 0.1) is 0 Å². The van der Waals surface area contributed by atoms with E-state index < -0.39 is 0 Å². The fourth-order valence-electron chi connectivity index (χ4n) is 1.87. The average Bonchev–Trinajstić information content (AvgIpc) is 2.47. The second kappa shape index (κ2) is 2.85. The molecule has 0 radical (unpaired) electrons. The van der Waals surface area contributed by atoms with Gasteiger partial charge in [0.2, 0.25) is 0 Å². The van der Waals surface area contributed by atoms with Gasteiger partial charge in [0, 0.05) is 11.7 Å². The molecule has 0 aromatic carbocycles. The number of nitrogens with zero attached hydrogens (tertiary/aromatic N) is 1. The zero-order valence-corrected chi connectivity index (χ0v) is 7.80. The van der Waals surface area contributed by atoms with Crippen LogP contribution in [0.2, 0.25) is 0 Å². The molecule has 1 N–H and O–H groups in total. The molecule has 0 aromatic heterocycles. The quantitative estimate of drug-likeness (QED) is 0.636. The Hall–Kier alpha value is -0.920. The third-order valence-electron chi connectivity index (χ3n) is 2.55. The number of hydrogen-bond donors (Lipinski definition) is 1. The summed E-state index contributed by atoms with van der Waals surface area (Å²) >= 11 is 0. The lowest BCUT2D eigenvalue weighted by Crippen LogP contribution is -2.30. The van der Waals surface area contributed by atoms with Crippen molar-refractivity contribution in [3.05, 3.63) is 23.5 Å². The fraction of sp³-hybridized carbons (Fsp3) is 0.600. The summed E-state index contributed by atoms with van der Waals surface area (Å²) in [5.74, 6) is 0. The predicted molar refractivity (Wildman–Crippen MR) is 50.4 cm³/mol. The molecule has 2 aliphatic rings. The van der Waals surface area contributed by atoms with Crippen molar-refractivity contribution >= 4 is 0 Å². The molecule has 1 heterocycles. The molecular formula is C10H16N2. The molecule has 0 bridgehead atoms. The highest BCUT2D eigenvalue weighted by Crippen LogP contribution is 2.26. The lowest BCUT2D eigenvalue weighted by atomic mass is 10.1. The van der Waals surface area contributed by atoms with Crippen LogP contribution in [0.25, 0.3) is 0 Å². The normalized spacial score (nSPS) is 21.8. The second-order valence-electron chi connectivity index (χ2n) is 3.70. The van der Waals surface area contributed by atoms with Crippen molar-refractivity contribution in [3.8, 4) is 0 Å².